The number of nitrogens with zero attached hydrogens (tertiary/aromatic N) is 2. The molecule has 140 valence electrons. The first-order chi connectivity index (χ1) is 12.2. The number of carbonyl (C=O) groups excluding carboxylic acids is 1. The number of likely N-dealkylation sites (N-methyl/N-ethyl adjacent to an activating group) is 1. The summed E-state index contributed by atoms with van der Waals surface area (Å²) in [6, 6.07) is 16.6. The molecule has 0 fully saturated rings. The number of hydrogen-bond donors (Lipinski definition) is 0. The third-order valence-electron chi connectivity index (χ3n) is 4.21. The van der Waals surface area contributed by atoms with Crippen LogP contribution in [0.1, 0.15) is 32.3 Å². The van der Waals surface area contributed by atoms with Gasteiger partial charge < -0.3 is 4.90 Å². The summed E-state index contributed by atoms with van der Waals surface area (Å²) < 4.78 is 25.7. The Morgan fingerprint density at radius 3 is 2.00 bits per heavy atom. The summed E-state index contributed by atoms with van der Waals surface area (Å²) in [7, 11) is -3.58. The molecule has 0 unspecified atom stereocenters. The van der Waals surface area contributed by atoms with E-state index in [0.29, 0.717) is 18.2 Å². The Morgan fingerprint density at radius 2 is 1.54 bits per heavy atom. The molecule has 2 rings (SSSR count). The second-order valence-electron chi connectivity index (χ2n) is 6.49. The first kappa shape index (κ1) is 20.0. The molecule has 0 radical (unpaired) electrons. The third-order valence-corrected chi connectivity index (χ3v) is 5.35. The van der Waals surface area contributed by atoms with Crippen LogP contribution < -0.4 is 9.21 Å². The summed E-state index contributed by atoms with van der Waals surface area (Å²) in [5.74, 6) is 0.0862. The van der Waals surface area contributed by atoms with E-state index in [2.05, 4.69) is 13.8 Å². The summed E-state index contributed by atoms with van der Waals surface area (Å²) >= 11 is 0. The molecule has 5 nitrogen and oxygen atoms in total. The molecule has 26 heavy (non-hydrogen) atoms. The Morgan fingerprint density at radius 1 is 0.962 bits per heavy atom. The fourth-order valence-electron chi connectivity index (χ4n) is 2.74. The molecule has 0 aliphatic heterocycles. The van der Waals surface area contributed by atoms with Gasteiger partial charge in [0.1, 0.15) is 6.54 Å². The van der Waals surface area contributed by atoms with E-state index < -0.39 is 10.0 Å². The molecule has 0 spiro atoms. The van der Waals surface area contributed by atoms with Gasteiger partial charge in [-0.15, -0.1) is 0 Å². The molecule has 2 aromatic rings. The van der Waals surface area contributed by atoms with E-state index in [4.69, 9.17) is 0 Å². The van der Waals surface area contributed by atoms with Gasteiger partial charge in [0.25, 0.3) is 0 Å². The highest BCUT2D eigenvalue weighted by molar-refractivity contribution is 7.92. The number of hydrogen-bond acceptors (Lipinski definition) is 3. The Bertz CT molecular complexity index is 831. The number of para-hydroxylation sites is 1. The summed E-state index contributed by atoms with van der Waals surface area (Å²) in [5, 5.41) is 0. The zero-order chi connectivity index (χ0) is 19.3. The van der Waals surface area contributed by atoms with Crippen molar-refractivity contribution in [3.8, 4) is 0 Å². The van der Waals surface area contributed by atoms with Crippen molar-refractivity contribution in [1.29, 1.82) is 0 Å². The average Bonchev–Trinajstić information content (AvgIpc) is 2.60. The minimum Gasteiger partial charge on any atom is -0.311 e. The zero-order valence-electron chi connectivity index (χ0n) is 15.7. The van der Waals surface area contributed by atoms with Crippen LogP contribution in [0.4, 0.5) is 11.4 Å². The molecule has 0 N–H and O–H groups in total. The first-order valence-corrected chi connectivity index (χ1v) is 10.5. The smallest absolute Gasteiger partial charge is 0.247 e. The molecule has 0 atom stereocenters. The van der Waals surface area contributed by atoms with Crippen LogP contribution in [0, 0.1) is 0 Å². The number of rotatable bonds is 7. The lowest BCUT2D eigenvalue weighted by molar-refractivity contribution is -0.117. The van der Waals surface area contributed by atoms with Gasteiger partial charge in [-0.1, -0.05) is 44.2 Å². The molecule has 1 amide bonds. The fraction of sp³-hybridized carbons (Fsp3) is 0.350. The highest BCUT2D eigenvalue weighted by Gasteiger charge is 2.24. The van der Waals surface area contributed by atoms with Gasteiger partial charge in [-0.3, -0.25) is 9.10 Å². The van der Waals surface area contributed by atoms with Gasteiger partial charge in [0.05, 0.1) is 11.9 Å². The molecule has 0 saturated carbocycles. The van der Waals surface area contributed by atoms with Crippen molar-refractivity contribution in [3.63, 3.8) is 0 Å². The van der Waals surface area contributed by atoms with Crippen molar-refractivity contribution in [2.75, 3.05) is 28.6 Å². The lowest BCUT2D eigenvalue weighted by atomic mass is 10.0. The summed E-state index contributed by atoms with van der Waals surface area (Å²) in [6.45, 7) is 6.25. The number of sulfonamides is 1. The molecule has 0 saturated heterocycles. The maximum Gasteiger partial charge on any atom is 0.247 e. The van der Waals surface area contributed by atoms with E-state index in [0.717, 1.165) is 21.8 Å². The van der Waals surface area contributed by atoms with Gasteiger partial charge in [0.15, 0.2) is 0 Å². The normalized spacial score (nSPS) is 11.4. The molecule has 0 heterocycles. The number of amides is 1. The van der Waals surface area contributed by atoms with E-state index in [9.17, 15) is 13.2 Å². The standard InChI is InChI=1S/C20H26N2O3S/c1-5-21(18-9-7-6-8-10-18)20(23)15-22(26(4,24)25)19-13-11-17(12-14-19)16(2)3/h6-14,16H,5,15H2,1-4H3. The van der Waals surface area contributed by atoms with Gasteiger partial charge in [-0.05, 0) is 42.7 Å². The molecule has 0 bridgehead atoms. The van der Waals surface area contributed by atoms with E-state index in [1.54, 1.807) is 17.0 Å². The number of carbonyl (C=O) groups is 1. The summed E-state index contributed by atoms with van der Waals surface area (Å²) in [5.41, 5.74) is 2.37. The maximum atomic E-state index is 12.8. The maximum absolute atomic E-state index is 12.8. The predicted octanol–water partition coefficient (Wildman–Crippen LogP) is 3.63. The van der Waals surface area contributed by atoms with E-state index in [1.165, 1.54) is 0 Å². The van der Waals surface area contributed by atoms with Crippen molar-refractivity contribution >= 4 is 27.3 Å². The van der Waals surface area contributed by atoms with Crippen LogP contribution in [0.3, 0.4) is 0 Å². The minimum absolute atomic E-state index is 0.234. The van der Waals surface area contributed by atoms with E-state index in [-0.39, 0.29) is 12.5 Å². The van der Waals surface area contributed by atoms with Gasteiger partial charge in [0.2, 0.25) is 15.9 Å². The van der Waals surface area contributed by atoms with Crippen LogP contribution >= 0.6 is 0 Å². The Labute approximate surface area is 156 Å². The number of anilines is 2. The molecular weight excluding hydrogens is 348 g/mol. The van der Waals surface area contributed by atoms with Crippen molar-refractivity contribution in [2.24, 2.45) is 0 Å². The largest absolute Gasteiger partial charge is 0.311 e. The molecule has 2 aromatic carbocycles. The van der Waals surface area contributed by atoms with E-state index in [1.807, 2.05) is 49.4 Å². The molecule has 6 heteroatoms. The van der Waals surface area contributed by atoms with Crippen LogP contribution in [0.15, 0.2) is 54.6 Å². The van der Waals surface area contributed by atoms with E-state index >= 15 is 0 Å². The predicted molar refractivity (Wildman–Crippen MR) is 107 cm³/mol. The summed E-state index contributed by atoms with van der Waals surface area (Å²) in [4.78, 5) is 14.4. The summed E-state index contributed by atoms with van der Waals surface area (Å²) in [6.07, 6.45) is 1.12. The average molecular weight is 375 g/mol. The highest BCUT2D eigenvalue weighted by Crippen LogP contribution is 2.23. The Balaban J connectivity index is 2.29. The fourth-order valence-corrected chi connectivity index (χ4v) is 3.59. The van der Waals surface area contributed by atoms with Crippen molar-refractivity contribution < 1.29 is 13.2 Å². The Kier molecular flexibility index (Phi) is 6.42. The monoisotopic (exact) mass is 374 g/mol. The van der Waals surface area contributed by atoms with Gasteiger partial charge in [-0.2, -0.15) is 0 Å². The van der Waals surface area contributed by atoms with Crippen molar-refractivity contribution in [1.82, 2.24) is 0 Å². The minimum atomic E-state index is -3.58. The molecule has 0 aliphatic rings. The van der Waals surface area contributed by atoms with Gasteiger partial charge in [-0.25, -0.2) is 8.42 Å². The molecular formula is C20H26N2O3S. The van der Waals surface area contributed by atoms with Crippen LogP contribution in [0.2, 0.25) is 0 Å². The highest BCUT2D eigenvalue weighted by atomic mass is 32.2. The second kappa shape index (κ2) is 8.36. The lowest BCUT2D eigenvalue weighted by Crippen LogP contribution is -2.42. The van der Waals surface area contributed by atoms with Crippen molar-refractivity contribution in [2.45, 2.75) is 26.7 Å². The Hall–Kier alpha value is -2.34. The number of benzene rings is 2. The lowest BCUT2D eigenvalue weighted by Gasteiger charge is -2.27. The van der Waals surface area contributed by atoms with Crippen LogP contribution in [-0.4, -0.2) is 33.7 Å². The zero-order valence-corrected chi connectivity index (χ0v) is 16.5. The van der Waals surface area contributed by atoms with Crippen molar-refractivity contribution in [3.05, 3.63) is 60.2 Å². The van der Waals surface area contributed by atoms with Crippen LogP contribution in [0.5, 0.6) is 0 Å². The topological polar surface area (TPSA) is 57.7 Å². The first-order valence-electron chi connectivity index (χ1n) is 8.67. The quantitative estimate of drug-likeness (QED) is 0.744. The van der Waals surface area contributed by atoms with Crippen LogP contribution in [-0.2, 0) is 14.8 Å². The second-order valence-corrected chi connectivity index (χ2v) is 8.40. The van der Waals surface area contributed by atoms with Gasteiger partial charge >= 0.3 is 0 Å². The third kappa shape index (κ3) is 4.85. The SMILES string of the molecule is CCN(C(=O)CN(c1ccc(C(C)C)cc1)S(C)(=O)=O)c1ccccc1. The molecule has 0 aliphatic carbocycles. The molecule has 0 aromatic heterocycles. The van der Waals surface area contributed by atoms with Gasteiger partial charge in [0, 0.05) is 12.2 Å². The van der Waals surface area contributed by atoms with Crippen LogP contribution in [0.25, 0.3) is 0 Å².